The van der Waals surface area contributed by atoms with Crippen LogP contribution in [-0.2, 0) is 0 Å². The lowest BCUT2D eigenvalue weighted by Gasteiger charge is -2.11. The van der Waals surface area contributed by atoms with E-state index in [1.807, 2.05) is 50.2 Å². The molecule has 0 radical (unpaired) electrons. The van der Waals surface area contributed by atoms with E-state index in [-0.39, 0.29) is 17.4 Å². The number of ketones is 1. The molecule has 2 aromatic carbocycles. The molecule has 0 unspecified atom stereocenters. The zero-order valence-electron chi connectivity index (χ0n) is 15.4. The molecule has 0 saturated carbocycles. The Morgan fingerprint density at radius 3 is 2.63 bits per heavy atom. The van der Waals surface area contributed by atoms with Crippen LogP contribution in [0.2, 0.25) is 0 Å². The molecule has 4 rings (SSSR count). The molecule has 3 aromatic rings. The number of Topliss-reactive ketones (excluding diaryl/α,β-unsaturated/α-hetero) is 1. The first-order valence-electron chi connectivity index (χ1n) is 8.87. The SMILES string of the molecule is Cc1ccc(OC(=O)c2nc(-c3ccccc3)oc2C)c2c1[C@@H](C)CC2=O. The maximum Gasteiger partial charge on any atom is 0.366 e. The third-order valence-electron chi connectivity index (χ3n) is 4.90. The molecular formula is C22H19NO4. The second-order valence-corrected chi connectivity index (χ2v) is 6.88. The van der Waals surface area contributed by atoms with E-state index in [0.29, 0.717) is 29.4 Å². The van der Waals surface area contributed by atoms with Crippen molar-refractivity contribution in [2.24, 2.45) is 0 Å². The molecule has 0 amide bonds. The van der Waals surface area contributed by atoms with Crippen LogP contribution in [0.25, 0.3) is 11.5 Å². The van der Waals surface area contributed by atoms with Crippen molar-refractivity contribution in [2.75, 3.05) is 0 Å². The van der Waals surface area contributed by atoms with E-state index < -0.39 is 5.97 Å². The van der Waals surface area contributed by atoms with Crippen LogP contribution in [0.15, 0.2) is 46.9 Å². The van der Waals surface area contributed by atoms with Gasteiger partial charge in [0.2, 0.25) is 5.89 Å². The van der Waals surface area contributed by atoms with Gasteiger partial charge < -0.3 is 9.15 Å². The predicted octanol–water partition coefficient (Wildman–Crippen LogP) is 4.87. The highest BCUT2D eigenvalue weighted by atomic mass is 16.5. The number of hydrogen-bond acceptors (Lipinski definition) is 5. The number of aromatic nitrogens is 1. The van der Waals surface area contributed by atoms with E-state index in [0.717, 1.165) is 16.7 Å². The first-order valence-corrected chi connectivity index (χ1v) is 8.87. The van der Waals surface area contributed by atoms with Gasteiger partial charge in [0.05, 0.1) is 5.56 Å². The largest absolute Gasteiger partial charge is 0.441 e. The fraction of sp³-hybridized carbons (Fsp3) is 0.227. The van der Waals surface area contributed by atoms with Crippen LogP contribution in [0, 0.1) is 13.8 Å². The summed E-state index contributed by atoms with van der Waals surface area (Å²) in [5.41, 5.74) is 3.40. The lowest BCUT2D eigenvalue weighted by Crippen LogP contribution is -2.13. The molecule has 1 aromatic heterocycles. The summed E-state index contributed by atoms with van der Waals surface area (Å²) in [4.78, 5) is 29.4. The maximum atomic E-state index is 12.7. The summed E-state index contributed by atoms with van der Waals surface area (Å²) in [7, 11) is 0. The van der Waals surface area contributed by atoms with Gasteiger partial charge in [-0.05, 0) is 49.1 Å². The highest BCUT2D eigenvalue weighted by Gasteiger charge is 2.32. The monoisotopic (exact) mass is 361 g/mol. The van der Waals surface area contributed by atoms with Crippen LogP contribution < -0.4 is 4.74 Å². The Bertz CT molecular complexity index is 1050. The topological polar surface area (TPSA) is 69.4 Å². The molecule has 1 atom stereocenters. The molecule has 136 valence electrons. The number of carbonyl (C=O) groups excluding carboxylic acids is 2. The summed E-state index contributed by atoms with van der Waals surface area (Å²) in [6.07, 6.45) is 0.436. The van der Waals surface area contributed by atoms with Crippen molar-refractivity contribution in [3.63, 3.8) is 0 Å². The van der Waals surface area contributed by atoms with E-state index in [9.17, 15) is 9.59 Å². The standard InChI is InChI=1S/C22H19NO4/c1-12-9-10-17(19-16(24)11-13(2)18(12)19)27-22(25)20-14(3)26-21(23-20)15-7-5-4-6-8-15/h4-10,13H,11H2,1-3H3/t13-/m0/s1. The van der Waals surface area contributed by atoms with Gasteiger partial charge >= 0.3 is 5.97 Å². The fourth-order valence-electron chi connectivity index (χ4n) is 3.63. The molecule has 5 heteroatoms. The minimum Gasteiger partial charge on any atom is -0.441 e. The number of carbonyl (C=O) groups is 2. The number of hydrogen-bond donors (Lipinski definition) is 0. The zero-order chi connectivity index (χ0) is 19.1. The molecule has 0 fully saturated rings. The van der Waals surface area contributed by atoms with Gasteiger partial charge in [0.1, 0.15) is 11.5 Å². The quantitative estimate of drug-likeness (QED) is 0.492. The van der Waals surface area contributed by atoms with Gasteiger partial charge in [-0.3, -0.25) is 4.79 Å². The second kappa shape index (κ2) is 6.50. The molecule has 0 spiro atoms. The molecule has 27 heavy (non-hydrogen) atoms. The minimum absolute atomic E-state index is 0.00542. The summed E-state index contributed by atoms with van der Waals surface area (Å²) in [6.45, 7) is 5.65. The summed E-state index contributed by atoms with van der Waals surface area (Å²) in [6, 6.07) is 12.9. The second-order valence-electron chi connectivity index (χ2n) is 6.88. The third kappa shape index (κ3) is 2.95. The van der Waals surface area contributed by atoms with Crippen molar-refractivity contribution in [2.45, 2.75) is 33.1 Å². The summed E-state index contributed by atoms with van der Waals surface area (Å²) in [5.74, 6) is 0.534. The number of aryl methyl sites for hydroxylation is 2. The number of nitrogens with zero attached hydrogens (tertiary/aromatic N) is 1. The molecule has 5 nitrogen and oxygen atoms in total. The molecular weight excluding hydrogens is 342 g/mol. The summed E-state index contributed by atoms with van der Waals surface area (Å²) in [5, 5.41) is 0. The van der Waals surface area contributed by atoms with Crippen molar-refractivity contribution in [3.8, 4) is 17.2 Å². The Morgan fingerprint density at radius 2 is 1.89 bits per heavy atom. The normalized spacial score (nSPS) is 15.7. The number of ether oxygens (including phenoxy) is 1. The minimum atomic E-state index is -0.628. The van der Waals surface area contributed by atoms with Crippen LogP contribution >= 0.6 is 0 Å². The highest BCUT2D eigenvalue weighted by molar-refractivity contribution is 6.05. The molecule has 1 aliphatic rings. The number of oxazole rings is 1. The summed E-state index contributed by atoms with van der Waals surface area (Å²) < 4.78 is 11.2. The number of rotatable bonds is 3. The van der Waals surface area contributed by atoms with Gasteiger partial charge in [-0.1, -0.05) is 31.2 Å². The lowest BCUT2D eigenvalue weighted by molar-refractivity contribution is 0.0725. The Hall–Kier alpha value is -3.21. The number of esters is 1. The molecule has 0 bridgehead atoms. The maximum absolute atomic E-state index is 12.7. The van der Waals surface area contributed by atoms with Gasteiger partial charge in [-0.15, -0.1) is 0 Å². The number of benzene rings is 2. The first-order chi connectivity index (χ1) is 13.0. The van der Waals surface area contributed by atoms with E-state index in [4.69, 9.17) is 9.15 Å². The summed E-state index contributed by atoms with van der Waals surface area (Å²) >= 11 is 0. The van der Waals surface area contributed by atoms with Gasteiger partial charge in [0, 0.05) is 12.0 Å². The smallest absolute Gasteiger partial charge is 0.366 e. The lowest BCUT2D eigenvalue weighted by atomic mass is 9.97. The first kappa shape index (κ1) is 17.2. The van der Waals surface area contributed by atoms with E-state index in [1.54, 1.807) is 13.0 Å². The molecule has 1 heterocycles. The average molecular weight is 361 g/mol. The van der Waals surface area contributed by atoms with Gasteiger partial charge in [0.25, 0.3) is 0 Å². The van der Waals surface area contributed by atoms with Crippen molar-refractivity contribution in [3.05, 3.63) is 70.6 Å². The molecule has 1 aliphatic carbocycles. The highest BCUT2D eigenvalue weighted by Crippen LogP contribution is 2.40. The zero-order valence-corrected chi connectivity index (χ0v) is 15.4. The van der Waals surface area contributed by atoms with Crippen molar-refractivity contribution >= 4 is 11.8 Å². The Morgan fingerprint density at radius 1 is 1.15 bits per heavy atom. The van der Waals surface area contributed by atoms with Crippen LogP contribution in [0.4, 0.5) is 0 Å². The van der Waals surface area contributed by atoms with Crippen LogP contribution in [0.1, 0.15) is 57.0 Å². The molecule has 0 aliphatic heterocycles. The average Bonchev–Trinajstić information content (AvgIpc) is 3.18. The van der Waals surface area contributed by atoms with Crippen molar-refractivity contribution in [1.29, 1.82) is 0 Å². The van der Waals surface area contributed by atoms with E-state index >= 15 is 0 Å². The predicted molar refractivity (Wildman–Crippen MR) is 100 cm³/mol. The van der Waals surface area contributed by atoms with E-state index in [2.05, 4.69) is 4.98 Å². The number of fused-ring (bicyclic) bond motifs is 1. The Balaban J connectivity index is 1.67. The Labute approximate surface area is 157 Å². The Kier molecular flexibility index (Phi) is 4.15. The van der Waals surface area contributed by atoms with Crippen LogP contribution in [0.3, 0.4) is 0 Å². The van der Waals surface area contributed by atoms with Gasteiger partial charge in [-0.2, -0.15) is 0 Å². The molecule has 0 saturated heterocycles. The van der Waals surface area contributed by atoms with Crippen molar-refractivity contribution in [1.82, 2.24) is 4.98 Å². The third-order valence-corrected chi connectivity index (χ3v) is 4.90. The van der Waals surface area contributed by atoms with Crippen molar-refractivity contribution < 1.29 is 18.7 Å². The van der Waals surface area contributed by atoms with Gasteiger partial charge in [0.15, 0.2) is 11.5 Å². The van der Waals surface area contributed by atoms with Gasteiger partial charge in [-0.25, -0.2) is 9.78 Å². The van der Waals surface area contributed by atoms with Crippen LogP contribution in [0.5, 0.6) is 5.75 Å². The van der Waals surface area contributed by atoms with E-state index in [1.165, 1.54) is 0 Å². The van der Waals surface area contributed by atoms with Crippen LogP contribution in [-0.4, -0.2) is 16.7 Å². The fourth-order valence-corrected chi connectivity index (χ4v) is 3.63. The molecule has 0 N–H and O–H groups in total.